The molecule has 1 aliphatic rings. The number of rotatable bonds is 3. The maximum Gasteiger partial charge on any atom is 0.287 e. The number of nitrogens with two attached hydrogens (primary N) is 1. The van der Waals surface area contributed by atoms with E-state index in [0.717, 1.165) is 32.1 Å². The van der Waals surface area contributed by atoms with Crippen molar-refractivity contribution in [2.24, 2.45) is 5.73 Å². The molecule has 0 aromatic carbocycles. The van der Waals surface area contributed by atoms with Gasteiger partial charge in [-0.2, -0.15) is 0 Å². The number of thiocarbonyl (C=S) groups is 1. The minimum atomic E-state index is -0.579. The average Bonchev–Trinajstić information content (AvgIpc) is 2.77. The first kappa shape index (κ1) is 13.4. The molecule has 0 atom stereocenters. The van der Waals surface area contributed by atoms with Crippen LogP contribution in [0.1, 0.15) is 42.7 Å². The number of nitrogens with one attached hydrogen (secondary N) is 1. The lowest BCUT2D eigenvalue weighted by atomic mass is 9.81. The van der Waals surface area contributed by atoms with Gasteiger partial charge in [0, 0.05) is 0 Å². The fourth-order valence-corrected chi connectivity index (χ4v) is 2.70. The number of amides is 1. The molecule has 18 heavy (non-hydrogen) atoms. The van der Waals surface area contributed by atoms with Gasteiger partial charge in [0.05, 0.1) is 10.5 Å². The van der Waals surface area contributed by atoms with Crippen LogP contribution in [0.2, 0.25) is 5.22 Å². The van der Waals surface area contributed by atoms with Crippen LogP contribution in [0.5, 0.6) is 0 Å². The molecule has 2 rings (SSSR count). The van der Waals surface area contributed by atoms with Crippen LogP contribution in [-0.2, 0) is 0 Å². The summed E-state index contributed by atoms with van der Waals surface area (Å²) in [6.07, 6.45) is 4.73. The second-order valence-corrected chi connectivity index (χ2v) is 5.38. The maximum absolute atomic E-state index is 12.1. The summed E-state index contributed by atoms with van der Waals surface area (Å²) < 4.78 is 5.08. The lowest BCUT2D eigenvalue weighted by molar-refractivity contribution is 0.0880. The summed E-state index contributed by atoms with van der Waals surface area (Å²) in [6.45, 7) is 0. The third-order valence-electron chi connectivity index (χ3n) is 3.33. The van der Waals surface area contributed by atoms with Crippen molar-refractivity contribution in [2.45, 2.75) is 37.6 Å². The summed E-state index contributed by atoms with van der Waals surface area (Å²) in [4.78, 5) is 12.4. The zero-order valence-electron chi connectivity index (χ0n) is 9.87. The zero-order chi connectivity index (χ0) is 13.2. The first-order chi connectivity index (χ1) is 8.53. The van der Waals surface area contributed by atoms with E-state index in [0.29, 0.717) is 4.99 Å². The van der Waals surface area contributed by atoms with Gasteiger partial charge in [-0.25, -0.2) is 0 Å². The SMILES string of the molecule is NC(=S)C1(NC(=O)c2ccc(Cl)o2)CCCCC1. The predicted octanol–water partition coefficient (Wildman–Crippen LogP) is 2.65. The van der Waals surface area contributed by atoms with Gasteiger partial charge >= 0.3 is 0 Å². The molecular weight excluding hydrogens is 272 g/mol. The molecule has 0 spiro atoms. The first-order valence-corrected chi connectivity index (χ1v) is 6.70. The summed E-state index contributed by atoms with van der Waals surface area (Å²) in [5, 5.41) is 3.09. The van der Waals surface area contributed by atoms with Crippen LogP contribution in [0.15, 0.2) is 16.5 Å². The number of furan rings is 1. The largest absolute Gasteiger partial charge is 0.440 e. The minimum absolute atomic E-state index is 0.182. The van der Waals surface area contributed by atoms with Crippen LogP contribution in [0.4, 0.5) is 0 Å². The number of carbonyl (C=O) groups is 1. The van der Waals surface area contributed by atoms with Gasteiger partial charge in [0.15, 0.2) is 11.0 Å². The van der Waals surface area contributed by atoms with Crippen molar-refractivity contribution < 1.29 is 9.21 Å². The zero-order valence-corrected chi connectivity index (χ0v) is 11.4. The highest BCUT2D eigenvalue weighted by Crippen LogP contribution is 2.29. The van der Waals surface area contributed by atoms with Gasteiger partial charge in [-0.3, -0.25) is 4.79 Å². The summed E-state index contributed by atoms with van der Waals surface area (Å²) in [5.41, 5.74) is 5.21. The third kappa shape index (κ3) is 2.67. The molecule has 0 saturated heterocycles. The lowest BCUT2D eigenvalue weighted by Crippen LogP contribution is -2.57. The van der Waals surface area contributed by atoms with Gasteiger partial charge in [0.25, 0.3) is 5.91 Å². The number of halogens is 1. The van der Waals surface area contributed by atoms with E-state index in [2.05, 4.69) is 5.32 Å². The Morgan fingerprint density at radius 1 is 1.39 bits per heavy atom. The molecule has 6 heteroatoms. The van der Waals surface area contributed by atoms with Crippen molar-refractivity contribution >= 4 is 34.7 Å². The van der Waals surface area contributed by atoms with Crippen LogP contribution in [0.25, 0.3) is 0 Å². The summed E-state index contributed by atoms with van der Waals surface area (Å²) in [5.74, 6) is -0.141. The quantitative estimate of drug-likeness (QED) is 0.838. The summed E-state index contributed by atoms with van der Waals surface area (Å²) >= 11 is 10.8. The molecule has 0 radical (unpaired) electrons. The van der Waals surface area contributed by atoms with Crippen molar-refractivity contribution in [2.75, 3.05) is 0 Å². The van der Waals surface area contributed by atoms with Crippen molar-refractivity contribution in [1.82, 2.24) is 5.32 Å². The van der Waals surface area contributed by atoms with Crippen LogP contribution < -0.4 is 11.1 Å². The van der Waals surface area contributed by atoms with Gasteiger partial charge in [-0.15, -0.1) is 0 Å². The second-order valence-electron chi connectivity index (χ2n) is 4.56. The Balaban J connectivity index is 2.14. The molecule has 0 aliphatic heterocycles. The van der Waals surface area contributed by atoms with Crippen molar-refractivity contribution in [3.8, 4) is 0 Å². The molecule has 1 aromatic heterocycles. The lowest BCUT2D eigenvalue weighted by Gasteiger charge is -2.36. The van der Waals surface area contributed by atoms with Crippen molar-refractivity contribution in [3.63, 3.8) is 0 Å². The van der Waals surface area contributed by atoms with Gasteiger partial charge in [0.2, 0.25) is 0 Å². The van der Waals surface area contributed by atoms with E-state index in [1.807, 2.05) is 0 Å². The molecule has 1 heterocycles. The Hall–Kier alpha value is -1.07. The van der Waals surface area contributed by atoms with Crippen LogP contribution in [0.3, 0.4) is 0 Å². The highest BCUT2D eigenvalue weighted by Gasteiger charge is 2.37. The minimum Gasteiger partial charge on any atom is -0.440 e. The first-order valence-electron chi connectivity index (χ1n) is 5.91. The molecular formula is C12H15ClN2O2S. The average molecular weight is 287 g/mol. The van der Waals surface area contributed by atoms with Crippen LogP contribution >= 0.6 is 23.8 Å². The van der Waals surface area contributed by atoms with Crippen molar-refractivity contribution in [1.29, 1.82) is 0 Å². The number of carbonyl (C=O) groups excluding carboxylic acids is 1. The molecule has 0 unspecified atom stereocenters. The number of hydrogen-bond donors (Lipinski definition) is 2. The summed E-state index contributed by atoms with van der Waals surface area (Å²) in [6, 6.07) is 3.07. The van der Waals surface area contributed by atoms with Gasteiger partial charge < -0.3 is 15.5 Å². The van der Waals surface area contributed by atoms with E-state index in [9.17, 15) is 4.79 Å². The monoisotopic (exact) mass is 286 g/mol. The number of hydrogen-bond acceptors (Lipinski definition) is 3. The second kappa shape index (κ2) is 5.28. The van der Waals surface area contributed by atoms with E-state index in [4.69, 9.17) is 34.0 Å². The fraction of sp³-hybridized carbons (Fsp3) is 0.500. The van der Waals surface area contributed by atoms with E-state index < -0.39 is 5.54 Å². The van der Waals surface area contributed by atoms with E-state index in [1.165, 1.54) is 12.1 Å². The topological polar surface area (TPSA) is 68.3 Å². The van der Waals surface area contributed by atoms with E-state index >= 15 is 0 Å². The maximum atomic E-state index is 12.1. The Morgan fingerprint density at radius 2 is 2.06 bits per heavy atom. The third-order valence-corrected chi connectivity index (χ3v) is 3.92. The van der Waals surface area contributed by atoms with Gasteiger partial charge in [0.1, 0.15) is 0 Å². The Labute approximate surface area is 116 Å². The van der Waals surface area contributed by atoms with E-state index in [1.54, 1.807) is 0 Å². The molecule has 3 N–H and O–H groups in total. The summed E-state index contributed by atoms with van der Waals surface area (Å²) in [7, 11) is 0. The molecule has 1 aromatic rings. The Bertz CT molecular complexity index is 466. The van der Waals surface area contributed by atoms with Gasteiger partial charge in [-0.1, -0.05) is 31.5 Å². The van der Waals surface area contributed by atoms with Gasteiger partial charge in [-0.05, 0) is 36.6 Å². The molecule has 0 bridgehead atoms. The normalized spacial score (nSPS) is 18.3. The molecule has 1 aliphatic carbocycles. The molecule has 1 amide bonds. The van der Waals surface area contributed by atoms with E-state index in [-0.39, 0.29) is 16.9 Å². The molecule has 1 saturated carbocycles. The smallest absolute Gasteiger partial charge is 0.287 e. The molecule has 98 valence electrons. The van der Waals surface area contributed by atoms with Crippen LogP contribution in [-0.4, -0.2) is 16.4 Å². The molecule has 1 fully saturated rings. The van der Waals surface area contributed by atoms with Crippen LogP contribution in [0, 0.1) is 0 Å². The Kier molecular flexibility index (Phi) is 3.92. The highest BCUT2D eigenvalue weighted by molar-refractivity contribution is 7.80. The standard InChI is InChI=1S/C12H15ClN2O2S/c13-9-5-4-8(17-9)10(16)15-12(11(14)18)6-2-1-3-7-12/h4-5H,1-3,6-7H2,(H2,14,18)(H,15,16). The van der Waals surface area contributed by atoms with Crippen molar-refractivity contribution in [3.05, 3.63) is 23.1 Å². The Morgan fingerprint density at radius 3 is 2.56 bits per heavy atom. The highest BCUT2D eigenvalue weighted by atomic mass is 35.5. The molecule has 4 nitrogen and oxygen atoms in total. The fourth-order valence-electron chi connectivity index (χ4n) is 2.30. The predicted molar refractivity (Wildman–Crippen MR) is 73.8 cm³/mol.